The maximum Gasteiger partial charge on any atom is 0.341 e. The number of aryl methyl sites for hydroxylation is 1. The third kappa shape index (κ3) is 4.04. The van der Waals surface area contributed by atoms with Crippen LogP contribution in [-0.4, -0.2) is 35.2 Å². The molecular weight excluding hydrogens is 428 g/mol. The summed E-state index contributed by atoms with van der Waals surface area (Å²) >= 11 is 1.13. The Bertz CT molecular complexity index is 1190. The molecule has 3 amide bonds. The highest BCUT2D eigenvalue weighted by atomic mass is 32.1. The first-order valence-corrected chi connectivity index (χ1v) is 10.8. The lowest BCUT2D eigenvalue weighted by Gasteiger charge is -2.12. The van der Waals surface area contributed by atoms with Crippen molar-refractivity contribution in [3.8, 4) is 0 Å². The van der Waals surface area contributed by atoms with Gasteiger partial charge in [-0.3, -0.25) is 19.3 Å². The molecule has 1 aromatic heterocycles. The minimum atomic E-state index is -0.587. The van der Waals surface area contributed by atoms with Gasteiger partial charge in [-0.05, 0) is 44.2 Å². The van der Waals surface area contributed by atoms with Crippen LogP contribution in [0.2, 0.25) is 0 Å². The molecule has 8 heteroatoms. The standard InChI is InChI=1S/C24H20N2O5S/c1-3-31-24(30)19-12-16(13-26-22(28)17-6-4-5-7-18(17)23(26)29)32-21(19)25-20(27)15-10-8-14(2)9-11-15/h4-12H,3,13H2,1-2H3,(H,25,27). The number of thiophene rings is 1. The van der Waals surface area contributed by atoms with Gasteiger partial charge in [0.1, 0.15) is 5.00 Å². The molecule has 4 rings (SSSR count). The summed E-state index contributed by atoms with van der Waals surface area (Å²) in [6, 6.07) is 15.2. The van der Waals surface area contributed by atoms with Gasteiger partial charge in [0.05, 0.1) is 29.8 Å². The highest BCUT2D eigenvalue weighted by Gasteiger charge is 2.35. The summed E-state index contributed by atoms with van der Waals surface area (Å²) in [5.41, 5.74) is 2.36. The number of carbonyl (C=O) groups excluding carboxylic acids is 4. The second-order valence-corrected chi connectivity index (χ2v) is 8.37. The first-order chi connectivity index (χ1) is 15.4. The van der Waals surface area contributed by atoms with Crippen LogP contribution in [0.4, 0.5) is 5.00 Å². The second kappa shape index (κ2) is 8.76. The lowest BCUT2D eigenvalue weighted by molar-refractivity contribution is 0.0527. The number of imide groups is 1. The number of hydrogen-bond donors (Lipinski definition) is 1. The fourth-order valence-corrected chi connectivity index (χ4v) is 4.42. The van der Waals surface area contributed by atoms with Gasteiger partial charge in [-0.1, -0.05) is 29.8 Å². The van der Waals surface area contributed by atoms with Crippen LogP contribution in [0, 0.1) is 6.92 Å². The maximum atomic E-state index is 12.7. The zero-order valence-corrected chi connectivity index (χ0v) is 18.3. The van der Waals surface area contributed by atoms with Crippen LogP contribution in [0.5, 0.6) is 0 Å². The van der Waals surface area contributed by atoms with Crippen LogP contribution in [-0.2, 0) is 11.3 Å². The molecule has 0 radical (unpaired) electrons. The number of amides is 3. The van der Waals surface area contributed by atoms with Crippen molar-refractivity contribution in [2.75, 3.05) is 11.9 Å². The lowest BCUT2D eigenvalue weighted by atomic mass is 10.1. The molecule has 32 heavy (non-hydrogen) atoms. The normalized spacial score (nSPS) is 12.6. The molecule has 1 aliphatic heterocycles. The quantitative estimate of drug-likeness (QED) is 0.449. The van der Waals surface area contributed by atoms with E-state index in [4.69, 9.17) is 4.74 Å². The first kappa shape index (κ1) is 21.5. The van der Waals surface area contributed by atoms with Gasteiger partial charge in [0, 0.05) is 10.4 Å². The molecule has 0 spiro atoms. The molecule has 0 bridgehead atoms. The van der Waals surface area contributed by atoms with Crippen LogP contribution < -0.4 is 5.32 Å². The van der Waals surface area contributed by atoms with E-state index in [0.29, 0.717) is 26.6 Å². The van der Waals surface area contributed by atoms with E-state index in [-0.39, 0.29) is 36.4 Å². The fourth-order valence-electron chi connectivity index (χ4n) is 3.39. The van der Waals surface area contributed by atoms with Crippen molar-refractivity contribution >= 4 is 40.0 Å². The van der Waals surface area contributed by atoms with Gasteiger partial charge in [-0.2, -0.15) is 0 Å². The summed E-state index contributed by atoms with van der Waals surface area (Å²) in [6.07, 6.45) is 0. The number of anilines is 1. The Balaban J connectivity index is 1.61. The predicted molar refractivity (Wildman–Crippen MR) is 120 cm³/mol. The Hall–Kier alpha value is -3.78. The molecule has 0 saturated carbocycles. The number of benzene rings is 2. The Morgan fingerprint density at radius 3 is 2.22 bits per heavy atom. The fraction of sp³-hybridized carbons (Fsp3) is 0.167. The zero-order chi connectivity index (χ0) is 22.8. The minimum absolute atomic E-state index is 0.0101. The highest BCUT2D eigenvalue weighted by molar-refractivity contribution is 7.16. The van der Waals surface area contributed by atoms with E-state index in [0.717, 1.165) is 21.8 Å². The Labute approximate surface area is 188 Å². The Morgan fingerprint density at radius 2 is 1.62 bits per heavy atom. The third-order valence-corrected chi connectivity index (χ3v) is 6.05. The van der Waals surface area contributed by atoms with Gasteiger partial charge in [0.25, 0.3) is 17.7 Å². The molecule has 1 aliphatic rings. The molecule has 7 nitrogen and oxygen atoms in total. The lowest BCUT2D eigenvalue weighted by Crippen LogP contribution is -2.28. The van der Waals surface area contributed by atoms with E-state index in [9.17, 15) is 19.2 Å². The van der Waals surface area contributed by atoms with E-state index < -0.39 is 5.97 Å². The largest absolute Gasteiger partial charge is 0.462 e. The number of carbonyl (C=O) groups is 4. The van der Waals surface area contributed by atoms with Crippen LogP contribution in [0.1, 0.15) is 58.8 Å². The Morgan fingerprint density at radius 1 is 1.00 bits per heavy atom. The van der Waals surface area contributed by atoms with Crippen LogP contribution in [0.3, 0.4) is 0 Å². The van der Waals surface area contributed by atoms with Crippen molar-refractivity contribution in [3.05, 3.63) is 87.3 Å². The average Bonchev–Trinajstić information content (AvgIpc) is 3.29. The van der Waals surface area contributed by atoms with Crippen molar-refractivity contribution in [2.24, 2.45) is 0 Å². The summed E-state index contributed by atoms with van der Waals surface area (Å²) in [6.45, 7) is 3.78. The van der Waals surface area contributed by atoms with Crippen LogP contribution in [0.25, 0.3) is 0 Å². The van der Waals surface area contributed by atoms with Gasteiger partial charge in [-0.25, -0.2) is 4.79 Å². The van der Waals surface area contributed by atoms with E-state index in [1.54, 1.807) is 49.4 Å². The number of nitrogens with zero attached hydrogens (tertiary/aromatic N) is 1. The van der Waals surface area contributed by atoms with Gasteiger partial charge in [0.15, 0.2) is 0 Å². The topological polar surface area (TPSA) is 92.8 Å². The van der Waals surface area contributed by atoms with Gasteiger partial charge in [0.2, 0.25) is 0 Å². The average molecular weight is 449 g/mol. The van der Waals surface area contributed by atoms with Crippen molar-refractivity contribution in [1.82, 2.24) is 4.90 Å². The second-order valence-electron chi connectivity index (χ2n) is 7.24. The first-order valence-electron chi connectivity index (χ1n) is 10.0. The van der Waals surface area contributed by atoms with E-state index >= 15 is 0 Å². The molecule has 1 N–H and O–H groups in total. The monoisotopic (exact) mass is 448 g/mol. The third-order valence-electron chi connectivity index (χ3n) is 5.01. The molecule has 0 saturated heterocycles. The summed E-state index contributed by atoms with van der Waals surface area (Å²) in [7, 11) is 0. The molecule has 162 valence electrons. The van der Waals surface area contributed by atoms with E-state index in [2.05, 4.69) is 5.32 Å². The van der Waals surface area contributed by atoms with Crippen LogP contribution >= 0.6 is 11.3 Å². The number of esters is 1. The molecule has 2 aromatic carbocycles. The highest BCUT2D eigenvalue weighted by Crippen LogP contribution is 2.32. The van der Waals surface area contributed by atoms with Crippen molar-refractivity contribution in [2.45, 2.75) is 20.4 Å². The number of fused-ring (bicyclic) bond motifs is 1. The van der Waals surface area contributed by atoms with Crippen molar-refractivity contribution in [3.63, 3.8) is 0 Å². The molecule has 0 atom stereocenters. The molecule has 2 heterocycles. The van der Waals surface area contributed by atoms with E-state index in [1.165, 1.54) is 0 Å². The zero-order valence-electron chi connectivity index (χ0n) is 17.5. The molecular formula is C24H20N2O5S. The smallest absolute Gasteiger partial charge is 0.341 e. The van der Waals surface area contributed by atoms with E-state index in [1.807, 2.05) is 19.1 Å². The maximum absolute atomic E-state index is 12.7. The van der Waals surface area contributed by atoms with Gasteiger partial charge in [-0.15, -0.1) is 11.3 Å². The van der Waals surface area contributed by atoms with Gasteiger partial charge < -0.3 is 10.1 Å². The van der Waals surface area contributed by atoms with Crippen LogP contribution in [0.15, 0.2) is 54.6 Å². The number of rotatable bonds is 6. The number of ether oxygens (including phenoxy) is 1. The summed E-state index contributed by atoms with van der Waals surface area (Å²) in [5, 5.41) is 3.07. The summed E-state index contributed by atoms with van der Waals surface area (Å²) in [5.74, 6) is -1.73. The van der Waals surface area contributed by atoms with Crippen molar-refractivity contribution < 1.29 is 23.9 Å². The SMILES string of the molecule is CCOC(=O)c1cc(CN2C(=O)c3ccccc3C2=O)sc1NC(=O)c1ccc(C)cc1. The van der Waals surface area contributed by atoms with Gasteiger partial charge >= 0.3 is 5.97 Å². The summed E-state index contributed by atoms with van der Waals surface area (Å²) in [4.78, 5) is 52.2. The number of hydrogen-bond acceptors (Lipinski definition) is 6. The predicted octanol–water partition coefficient (Wildman–Crippen LogP) is 4.28. The molecule has 3 aromatic rings. The molecule has 0 aliphatic carbocycles. The summed E-state index contributed by atoms with van der Waals surface area (Å²) < 4.78 is 5.12. The number of nitrogens with one attached hydrogen (secondary N) is 1. The molecule has 0 fully saturated rings. The molecule has 0 unspecified atom stereocenters. The minimum Gasteiger partial charge on any atom is -0.462 e. The van der Waals surface area contributed by atoms with Crippen molar-refractivity contribution in [1.29, 1.82) is 0 Å². The Kier molecular flexibility index (Phi) is 5.87.